The summed E-state index contributed by atoms with van der Waals surface area (Å²) in [7, 11) is 0. The summed E-state index contributed by atoms with van der Waals surface area (Å²) in [6, 6.07) is 0. The summed E-state index contributed by atoms with van der Waals surface area (Å²) in [6.07, 6.45) is 3.45. The first kappa shape index (κ1) is 7.06. The van der Waals surface area contributed by atoms with E-state index in [0.29, 0.717) is 5.03 Å². The van der Waals surface area contributed by atoms with Crippen molar-refractivity contribution in [3.63, 3.8) is 0 Å². The first-order valence-electron chi connectivity index (χ1n) is 1.83. The maximum Gasteiger partial charge on any atom is 0.0793 e. The van der Waals surface area contributed by atoms with Crippen molar-refractivity contribution in [1.29, 1.82) is 0 Å². The van der Waals surface area contributed by atoms with Crippen LogP contribution in [0.2, 0.25) is 0 Å². The van der Waals surface area contributed by atoms with Gasteiger partial charge >= 0.3 is 0 Å². The second-order valence-electron chi connectivity index (χ2n) is 0.942. The van der Waals surface area contributed by atoms with Crippen LogP contribution in [0.4, 0.5) is 0 Å². The molecule has 0 atom stereocenters. The molecule has 39 valence electrons. The van der Waals surface area contributed by atoms with Gasteiger partial charge < -0.3 is 0 Å². The first-order valence-corrected chi connectivity index (χ1v) is 2.58. The minimum Gasteiger partial charge on any atom is -0.0861 e. The summed E-state index contributed by atoms with van der Waals surface area (Å²) in [4.78, 5) is 0. The molecule has 0 saturated carbocycles. The Morgan fingerprint density at radius 3 is 2.43 bits per heavy atom. The van der Waals surface area contributed by atoms with Crippen LogP contribution in [-0.4, -0.2) is 0 Å². The fourth-order valence-corrected chi connectivity index (χ4v) is 0.367. The van der Waals surface area contributed by atoms with Crippen LogP contribution >= 0.6 is 23.2 Å². The van der Waals surface area contributed by atoms with Crippen LogP contribution in [-0.2, 0) is 0 Å². The van der Waals surface area contributed by atoms with Crippen molar-refractivity contribution in [2.45, 2.75) is 6.92 Å². The van der Waals surface area contributed by atoms with E-state index in [-0.39, 0.29) is 0 Å². The predicted molar refractivity (Wildman–Crippen MR) is 33.3 cm³/mol. The molecule has 0 nitrogen and oxygen atoms in total. The van der Waals surface area contributed by atoms with Crippen molar-refractivity contribution in [2.24, 2.45) is 0 Å². The van der Waals surface area contributed by atoms with Crippen LogP contribution < -0.4 is 0 Å². The Labute approximate surface area is 53.4 Å². The lowest BCUT2D eigenvalue weighted by atomic mass is 10.5. The number of halogens is 2. The van der Waals surface area contributed by atoms with Gasteiger partial charge in [0.1, 0.15) is 0 Å². The molecule has 2 heteroatoms. The lowest BCUT2D eigenvalue weighted by molar-refractivity contribution is 1.72. The molecule has 0 amide bonds. The fourth-order valence-electron chi connectivity index (χ4n) is 0.178. The van der Waals surface area contributed by atoms with Crippen molar-refractivity contribution in [1.82, 2.24) is 0 Å². The molecule has 0 rings (SSSR count). The summed E-state index contributed by atoms with van der Waals surface area (Å²) in [5, 5.41) is 0.434. The van der Waals surface area contributed by atoms with E-state index in [1.54, 1.807) is 12.2 Å². The molecule has 0 heterocycles. The zero-order valence-corrected chi connectivity index (χ0v) is 5.42. The third-order valence-electron chi connectivity index (χ3n) is 0.403. The molecule has 0 aliphatic rings. The number of hydrogen-bond acceptors (Lipinski definition) is 0. The normalized spacial score (nSPS) is 13.3. The highest BCUT2D eigenvalue weighted by Gasteiger charge is 1.76. The van der Waals surface area contributed by atoms with Crippen LogP contribution in [0.15, 0.2) is 17.2 Å². The molecule has 0 saturated heterocycles. The third kappa shape index (κ3) is 3.90. The zero-order chi connectivity index (χ0) is 5.70. The number of rotatable bonds is 1. The van der Waals surface area contributed by atoms with Crippen LogP contribution in [0.25, 0.3) is 0 Å². The molecule has 7 heavy (non-hydrogen) atoms. The standard InChI is InChI=1S/C5H5Cl2/c1-2-3-5(7)4-6/h2-3H,1H3/b3-2+,5-4?. The van der Waals surface area contributed by atoms with Gasteiger partial charge in [0.25, 0.3) is 0 Å². The lowest BCUT2D eigenvalue weighted by Crippen LogP contribution is -1.53. The van der Waals surface area contributed by atoms with Gasteiger partial charge in [-0.25, -0.2) is 0 Å². The van der Waals surface area contributed by atoms with E-state index in [1.807, 2.05) is 6.92 Å². The summed E-state index contributed by atoms with van der Waals surface area (Å²) < 4.78 is 0. The molecule has 0 N–H and O–H groups in total. The van der Waals surface area contributed by atoms with E-state index in [2.05, 4.69) is 5.54 Å². The topological polar surface area (TPSA) is 0 Å². The van der Waals surface area contributed by atoms with Gasteiger partial charge in [-0.3, -0.25) is 0 Å². The average molecular weight is 136 g/mol. The van der Waals surface area contributed by atoms with Gasteiger partial charge in [-0.2, -0.15) is 0 Å². The van der Waals surface area contributed by atoms with E-state index in [0.717, 1.165) is 0 Å². The van der Waals surface area contributed by atoms with Crippen LogP contribution in [0.3, 0.4) is 0 Å². The predicted octanol–water partition coefficient (Wildman–Crippen LogP) is 2.68. The minimum absolute atomic E-state index is 0.434. The molecular weight excluding hydrogens is 131 g/mol. The van der Waals surface area contributed by atoms with E-state index >= 15 is 0 Å². The minimum atomic E-state index is 0.434. The summed E-state index contributed by atoms with van der Waals surface area (Å²) in [5.74, 6) is 0. The van der Waals surface area contributed by atoms with Crippen LogP contribution in [0, 0.1) is 5.54 Å². The fraction of sp³-hybridized carbons (Fsp3) is 0.200. The molecule has 0 aliphatic carbocycles. The summed E-state index contributed by atoms with van der Waals surface area (Å²) in [6.45, 7) is 1.86. The van der Waals surface area contributed by atoms with Gasteiger partial charge in [0, 0.05) is 0 Å². The quantitative estimate of drug-likeness (QED) is 0.486. The molecule has 0 aromatic heterocycles. The molecular formula is C5H5Cl2. The molecule has 0 aromatic carbocycles. The average Bonchev–Trinajstić information content (AvgIpc) is 1.68. The van der Waals surface area contributed by atoms with Gasteiger partial charge in [-0.1, -0.05) is 29.3 Å². The Balaban J connectivity index is 3.58. The SMILES string of the molecule is C/C=C/C(Cl)=[C]\Cl. The van der Waals surface area contributed by atoms with E-state index in [4.69, 9.17) is 23.2 Å². The third-order valence-corrected chi connectivity index (χ3v) is 0.924. The van der Waals surface area contributed by atoms with Gasteiger partial charge in [-0.05, 0) is 13.0 Å². The summed E-state index contributed by atoms with van der Waals surface area (Å²) >= 11 is 10.4. The Bertz CT molecular complexity index is 92.3. The van der Waals surface area contributed by atoms with Gasteiger partial charge in [0.2, 0.25) is 0 Å². The molecule has 0 aromatic rings. The molecule has 0 unspecified atom stereocenters. The number of hydrogen-bond donors (Lipinski definition) is 0. The first-order chi connectivity index (χ1) is 3.31. The van der Waals surface area contributed by atoms with Gasteiger partial charge in [-0.15, -0.1) is 0 Å². The van der Waals surface area contributed by atoms with E-state index in [9.17, 15) is 0 Å². The highest BCUT2D eigenvalue weighted by atomic mass is 35.5. The maximum absolute atomic E-state index is 5.35. The Hall–Kier alpha value is 0.0600. The van der Waals surface area contributed by atoms with Crippen molar-refractivity contribution < 1.29 is 0 Å². The highest BCUT2D eigenvalue weighted by Crippen LogP contribution is 2.02. The smallest absolute Gasteiger partial charge is 0.0793 e. The monoisotopic (exact) mass is 135 g/mol. The molecule has 0 bridgehead atoms. The second-order valence-corrected chi connectivity index (χ2v) is 1.54. The molecule has 0 spiro atoms. The molecule has 0 aliphatic heterocycles. The molecule has 0 fully saturated rings. The van der Waals surface area contributed by atoms with Crippen LogP contribution in [0.5, 0.6) is 0 Å². The zero-order valence-electron chi connectivity index (χ0n) is 3.91. The van der Waals surface area contributed by atoms with Crippen molar-refractivity contribution in [3.05, 3.63) is 22.7 Å². The Morgan fingerprint density at radius 1 is 1.71 bits per heavy atom. The van der Waals surface area contributed by atoms with Crippen molar-refractivity contribution >= 4 is 23.2 Å². The van der Waals surface area contributed by atoms with E-state index < -0.39 is 0 Å². The number of allylic oxidation sites excluding steroid dienone is 3. The van der Waals surface area contributed by atoms with Crippen LogP contribution in [0.1, 0.15) is 6.92 Å². The van der Waals surface area contributed by atoms with E-state index in [1.165, 1.54) is 0 Å². The maximum atomic E-state index is 5.35. The Kier molecular flexibility index (Phi) is 4.26. The van der Waals surface area contributed by atoms with Gasteiger partial charge in [0.15, 0.2) is 0 Å². The van der Waals surface area contributed by atoms with Gasteiger partial charge in [0.05, 0.1) is 10.6 Å². The van der Waals surface area contributed by atoms with Crippen molar-refractivity contribution in [2.75, 3.05) is 0 Å². The lowest BCUT2D eigenvalue weighted by Gasteiger charge is -1.75. The summed E-state index contributed by atoms with van der Waals surface area (Å²) in [5.41, 5.74) is 2.23. The highest BCUT2D eigenvalue weighted by molar-refractivity contribution is 6.35. The largest absolute Gasteiger partial charge is 0.0861 e. The van der Waals surface area contributed by atoms with Crippen molar-refractivity contribution in [3.8, 4) is 0 Å². The molecule has 1 radical (unpaired) electrons. The second kappa shape index (κ2) is 4.23. The Morgan fingerprint density at radius 2 is 2.29 bits per heavy atom.